The number of phenolic OH excluding ortho intramolecular Hbond substituents is 2. The molecule has 1 aliphatic carbocycles. The SMILES string of the molecule is Oc1ccc(CNC2CC=CC2)cc1O. The predicted molar refractivity (Wildman–Crippen MR) is 58.8 cm³/mol. The van der Waals surface area contributed by atoms with E-state index in [-0.39, 0.29) is 11.5 Å². The van der Waals surface area contributed by atoms with Gasteiger partial charge in [0, 0.05) is 12.6 Å². The second-order valence-corrected chi connectivity index (χ2v) is 3.84. The molecule has 3 N–H and O–H groups in total. The van der Waals surface area contributed by atoms with Crippen molar-refractivity contribution in [3.63, 3.8) is 0 Å². The van der Waals surface area contributed by atoms with Crippen LogP contribution in [-0.2, 0) is 6.54 Å². The van der Waals surface area contributed by atoms with Gasteiger partial charge in [-0.2, -0.15) is 0 Å². The molecule has 0 saturated carbocycles. The van der Waals surface area contributed by atoms with Crippen molar-refractivity contribution >= 4 is 0 Å². The molecule has 1 aromatic carbocycles. The third-order valence-electron chi connectivity index (χ3n) is 2.64. The van der Waals surface area contributed by atoms with Crippen LogP contribution in [0.3, 0.4) is 0 Å². The third kappa shape index (κ3) is 2.50. The summed E-state index contributed by atoms with van der Waals surface area (Å²) >= 11 is 0. The molecular formula is C12H15NO2. The van der Waals surface area contributed by atoms with E-state index in [1.807, 2.05) is 6.07 Å². The first-order valence-corrected chi connectivity index (χ1v) is 5.15. The molecule has 0 radical (unpaired) electrons. The summed E-state index contributed by atoms with van der Waals surface area (Å²) in [6, 6.07) is 5.43. The Morgan fingerprint density at radius 3 is 2.53 bits per heavy atom. The van der Waals surface area contributed by atoms with Crippen LogP contribution in [0.2, 0.25) is 0 Å². The van der Waals surface area contributed by atoms with E-state index >= 15 is 0 Å². The zero-order chi connectivity index (χ0) is 10.7. The van der Waals surface area contributed by atoms with Crippen LogP contribution < -0.4 is 5.32 Å². The van der Waals surface area contributed by atoms with E-state index in [9.17, 15) is 5.11 Å². The summed E-state index contributed by atoms with van der Waals surface area (Å²) < 4.78 is 0. The predicted octanol–water partition coefficient (Wildman–Crippen LogP) is 1.91. The highest BCUT2D eigenvalue weighted by Crippen LogP contribution is 2.24. The van der Waals surface area contributed by atoms with Crippen molar-refractivity contribution in [1.82, 2.24) is 5.32 Å². The Morgan fingerprint density at radius 1 is 1.13 bits per heavy atom. The van der Waals surface area contributed by atoms with Crippen molar-refractivity contribution in [3.05, 3.63) is 35.9 Å². The second kappa shape index (κ2) is 4.36. The summed E-state index contributed by atoms with van der Waals surface area (Å²) in [6.45, 7) is 0.722. The van der Waals surface area contributed by atoms with Gasteiger partial charge in [0.25, 0.3) is 0 Å². The molecule has 0 saturated heterocycles. The molecule has 0 atom stereocenters. The van der Waals surface area contributed by atoms with Gasteiger partial charge in [-0.25, -0.2) is 0 Å². The van der Waals surface area contributed by atoms with E-state index in [4.69, 9.17) is 5.11 Å². The maximum absolute atomic E-state index is 9.30. The molecule has 0 aliphatic heterocycles. The lowest BCUT2D eigenvalue weighted by atomic mass is 10.1. The number of hydrogen-bond acceptors (Lipinski definition) is 3. The molecule has 2 rings (SSSR count). The van der Waals surface area contributed by atoms with Gasteiger partial charge in [-0.3, -0.25) is 0 Å². The highest BCUT2D eigenvalue weighted by atomic mass is 16.3. The van der Waals surface area contributed by atoms with Crippen LogP contribution in [0, 0.1) is 0 Å². The summed E-state index contributed by atoms with van der Waals surface area (Å²) in [5.41, 5.74) is 0.984. The molecule has 0 spiro atoms. The molecule has 80 valence electrons. The molecule has 0 heterocycles. The van der Waals surface area contributed by atoms with Crippen molar-refractivity contribution < 1.29 is 10.2 Å². The molecule has 0 bridgehead atoms. The summed E-state index contributed by atoms with van der Waals surface area (Å²) in [5.74, 6) is -0.125. The minimum Gasteiger partial charge on any atom is -0.504 e. The van der Waals surface area contributed by atoms with E-state index in [1.54, 1.807) is 6.07 Å². The molecule has 1 aromatic rings. The average Bonchev–Trinajstić information content (AvgIpc) is 2.73. The molecule has 1 aliphatic rings. The maximum Gasteiger partial charge on any atom is 0.157 e. The molecule has 0 aromatic heterocycles. The Balaban J connectivity index is 1.90. The minimum absolute atomic E-state index is 0.0566. The molecule has 3 heteroatoms. The van der Waals surface area contributed by atoms with E-state index in [2.05, 4.69) is 17.5 Å². The fraction of sp³-hybridized carbons (Fsp3) is 0.333. The van der Waals surface area contributed by atoms with E-state index < -0.39 is 0 Å². The van der Waals surface area contributed by atoms with Gasteiger partial charge in [0.15, 0.2) is 11.5 Å². The molecule has 0 unspecified atom stereocenters. The number of hydrogen-bond donors (Lipinski definition) is 3. The van der Waals surface area contributed by atoms with Crippen LogP contribution in [0.25, 0.3) is 0 Å². The highest BCUT2D eigenvalue weighted by Gasteiger charge is 2.09. The van der Waals surface area contributed by atoms with Gasteiger partial charge in [-0.05, 0) is 30.5 Å². The quantitative estimate of drug-likeness (QED) is 0.522. The maximum atomic E-state index is 9.30. The van der Waals surface area contributed by atoms with Crippen molar-refractivity contribution in [2.24, 2.45) is 0 Å². The van der Waals surface area contributed by atoms with Gasteiger partial charge in [-0.15, -0.1) is 0 Å². The Kier molecular flexibility index (Phi) is 2.92. The average molecular weight is 205 g/mol. The largest absolute Gasteiger partial charge is 0.504 e. The summed E-state index contributed by atoms with van der Waals surface area (Å²) in [4.78, 5) is 0. The number of benzene rings is 1. The van der Waals surface area contributed by atoms with Crippen LogP contribution in [0.4, 0.5) is 0 Å². The lowest BCUT2D eigenvalue weighted by molar-refractivity contribution is 0.402. The summed E-state index contributed by atoms with van der Waals surface area (Å²) in [5, 5.41) is 21.8. The van der Waals surface area contributed by atoms with Gasteiger partial charge in [0.1, 0.15) is 0 Å². The van der Waals surface area contributed by atoms with Crippen LogP contribution in [0.1, 0.15) is 18.4 Å². The smallest absolute Gasteiger partial charge is 0.157 e. The Labute approximate surface area is 89.1 Å². The molecule has 0 fully saturated rings. The number of rotatable bonds is 3. The monoisotopic (exact) mass is 205 g/mol. The molecule has 0 amide bonds. The third-order valence-corrected chi connectivity index (χ3v) is 2.64. The van der Waals surface area contributed by atoms with Gasteiger partial charge in [0.2, 0.25) is 0 Å². The minimum atomic E-state index is -0.0683. The van der Waals surface area contributed by atoms with Gasteiger partial charge in [0.05, 0.1) is 0 Å². The zero-order valence-electron chi connectivity index (χ0n) is 8.48. The van der Waals surface area contributed by atoms with E-state index in [0.29, 0.717) is 6.04 Å². The van der Waals surface area contributed by atoms with E-state index in [0.717, 1.165) is 24.9 Å². The van der Waals surface area contributed by atoms with Crippen molar-refractivity contribution in [1.29, 1.82) is 0 Å². The van der Waals surface area contributed by atoms with E-state index in [1.165, 1.54) is 6.07 Å². The van der Waals surface area contributed by atoms with Gasteiger partial charge in [-0.1, -0.05) is 18.2 Å². The van der Waals surface area contributed by atoms with Crippen molar-refractivity contribution in [3.8, 4) is 11.5 Å². The Morgan fingerprint density at radius 2 is 1.87 bits per heavy atom. The summed E-state index contributed by atoms with van der Waals surface area (Å²) in [6.07, 6.45) is 6.49. The van der Waals surface area contributed by atoms with Crippen LogP contribution in [0.5, 0.6) is 11.5 Å². The van der Waals surface area contributed by atoms with Crippen molar-refractivity contribution in [2.75, 3.05) is 0 Å². The molecule has 3 nitrogen and oxygen atoms in total. The first-order valence-electron chi connectivity index (χ1n) is 5.15. The van der Waals surface area contributed by atoms with Gasteiger partial charge >= 0.3 is 0 Å². The molecular weight excluding hydrogens is 190 g/mol. The normalized spacial score (nSPS) is 16.0. The summed E-state index contributed by atoms with van der Waals surface area (Å²) in [7, 11) is 0. The fourth-order valence-corrected chi connectivity index (χ4v) is 1.73. The highest BCUT2D eigenvalue weighted by molar-refractivity contribution is 5.40. The zero-order valence-corrected chi connectivity index (χ0v) is 8.48. The standard InChI is InChI=1S/C12H15NO2/c14-11-6-5-9(7-12(11)15)8-13-10-3-1-2-4-10/h1-2,5-7,10,13-15H,3-4,8H2. The fourth-order valence-electron chi connectivity index (χ4n) is 1.73. The van der Waals surface area contributed by atoms with Gasteiger partial charge < -0.3 is 15.5 Å². The number of aromatic hydroxyl groups is 2. The first kappa shape index (κ1) is 10.1. The van der Waals surface area contributed by atoms with Crippen LogP contribution >= 0.6 is 0 Å². The van der Waals surface area contributed by atoms with Crippen molar-refractivity contribution in [2.45, 2.75) is 25.4 Å². The molecule has 15 heavy (non-hydrogen) atoms. The number of nitrogens with one attached hydrogen (secondary N) is 1. The Hall–Kier alpha value is -1.48. The van der Waals surface area contributed by atoms with Crippen LogP contribution in [0.15, 0.2) is 30.4 Å². The number of phenols is 2. The second-order valence-electron chi connectivity index (χ2n) is 3.84. The lowest BCUT2D eigenvalue weighted by Crippen LogP contribution is -2.25. The lowest BCUT2D eigenvalue weighted by Gasteiger charge is -2.12. The topological polar surface area (TPSA) is 52.5 Å². The van der Waals surface area contributed by atoms with Crippen LogP contribution in [-0.4, -0.2) is 16.3 Å². The first-order chi connectivity index (χ1) is 7.25. The Bertz CT molecular complexity index is 366.